The number of esters is 1. The highest BCUT2D eigenvalue weighted by Gasteiger charge is 2.29. The van der Waals surface area contributed by atoms with Gasteiger partial charge in [0.2, 0.25) is 10.0 Å². The molecule has 0 saturated heterocycles. The monoisotopic (exact) mass is 463 g/mol. The zero-order chi connectivity index (χ0) is 23.7. The number of sulfonamides is 1. The summed E-state index contributed by atoms with van der Waals surface area (Å²) in [6.45, 7) is 1.26. The third kappa shape index (κ3) is 6.98. The van der Waals surface area contributed by atoms with Crippen LogP contribution in [0.25, 0.3) is 0 Å². The molecule has 0 bridgehead atoms. The topological polar surface area (TPSA) is 124 Å². The van der Waals surface area contributed by atoms with Crippen LogP contribution < -0.4 is 19.2 Å². The Kier molecular flexibility index (Phi) is 8.59. The Labute approximate surface area is 186 Å². The number of amides is 1. The molecule has 2 aromatic carbocycles. The zero-order valence-electron chi connectivity index (χ0n) is 18.1. The maximum absolute atomic E-state index is 12.5. The van der Waals surface area contributed by atoms with E-state index in [0.29, 0.717) is 22.7 Å². The largest absolute Gasteiger partial charge is 0.497 e. The van der Waals surface area contributed by atoms with Gasteiger partial charge in [-0.15, -0.1) is 0 Å². The second-order valence-electron chi connectivity index (χ2n) is 6.60. The summed E-state index contributed by atoms with van der Waals surface area (Å²) in [6.07, 6.45) is 2.42. The van der Waals surface area contributed by atoms with Crippen molar-refractivity contribution >= 4 is 33.8 Å². The molecule has 11 heteroatoms. The predicted molar refractivity (Wildman–Crippen MR) is 119 cm³/mol. The van der Waals surface area contributed by atoms with Gasteiger partial charge >= 0.3 is 5.97 Å². The van der Waals surface area contributed by atoms with E-state index in [0.717, 1.165) is 10.6 Å². The van der Waals surface area contributed by atoms with Crippen LogP contribution in [0.3, 0.4) is 0 Å². The van der Waals surface area contributed by atoms with Gasteiger partial charge in [0.05, 0.1) is 32.4 Å². The van der Waals surface area contributed by atoms with Crippen molar-refractivity contribution in [3.8, 4) is 11.5 Å². The van der Waals surface area contributed by atoms with E-state index in [2.05, 4.69) is 15.3 Å². The van der Waals surface area contributed by atoms with Gasteiger partial charge in [0.15, 0.2) is 6.61 Å². The molecule has 172 valence electrons. The maximum atomic E-state index is 12.5. The van der Waals surface area contributed by atoms with Gasteiger partial charge < -0.3 is 14.2 Å². The van der Waals surface area contributed by atoms with Crippen LogP contribution in [0, 0.1) is 0 Å². The second kappa shape index (κ2) is 11.1. The molecule has 0 aromatic heterocycles. The molecule has 0 heterocycles. The first-order valence-electron chi connectivity index (χ1n) is 9.41. The zero-order valence-corrected chi connectivity index (χ0v) is 19.0. The third-order valence-electron chi connectivity index (χ3n) is 4.27. The summed E-state index contributed by atoms with van der Waals surface area (Å²) in [6, 6.07) is 11.9. The molecule has 1 amide bonds. The van der Waals surface area contributed by atoms with E-state index >= 15 is 0 Å². The molecule has 2 rings (SSSR count). The third-order valence-corrected chi connectivity index (χ3v) is 5.51. The van der Waals surface area contributed by atoms with Crippen LogP contribution in [0.1, 0.15) is 12.5 Å². The summed E-state index contributed by atoms with van der Waals surface area (Å²) in [5.74, 6) is -0.0788. The van der Waals surface area contributed by atoms with E-state index in [-0.39, 0.29) is 6.61 Å². The Morgan fingerprint density at radius 3 is 2.19 bits per heavy atom. The Bertz CT molecular complexity index is 1050. The second-order valence-corrected chi connectivity index (χ2v) is 8.46. The lowest BCUT2D eigenvalue weighted by Crippen LogP contribution is -2.46. The number of carbonyl (C=O) groups is 2. The van der Waals surface area contributed by atoms with Crippen LogP contribution in [0.5, 0.6) is 11.5 Å². The standard InChI is InChI=1S/C21H25N3O7S/c1-15(24(32(4,27)28)17-7-11-18(29-2)12-8-17)21(26)23-22-13-16-5-9-19(10-6-16)31-14-20(25)30-3/h5-13,15H,14H2,1-4H3,(H,23,26)/b22-13-/t15-/m0/s1. The normalized spacial score (nSPS) is 12.1. The molecule has 0 aliphatic heterocycles. The van der Waals surface area contributed by atoms with Crippen molar-refractivity contribution in [1.29, 1.82) is 0 Å². The summed E-state index contributed by atoms with van der Waals surface area (Å²) >= 11 is 0. The van der Waals surface area contributed by atoms with Gasteiger partial charge in [-0.1, -0.05) is 0 Å². The van der Waals surface area contributed by atoms with Gasteiger partial charge in [0.25, 0.3) is 5.91 Å². The fraction of sp³-hybridized carbons (Fsp3) is 0.286. The quantitative estimate of drug-likeness (QED) is 0.322. The molecule has 0 unspecified atom stereocenters. The minimum atomic E-state index is -3.74. The van der Waals surface area contributed by atoms with Crippen molar-refractivity contribution in [2.75, 3.05) is 31.4 Å². The molecule has 2 aromatic rings. The minimum absolute atomic E-state index is 0.205. The van der Waals surface area contributed by atoms with Crippen molar-refractivity contribution in [3.63, 3.8) is 0 Å². The van der Waals surface area contributed by atoms with Crippen LogP contribution in [0.4, 0.5) is 5.69 Å². The van der Waals surface area contributed by atoms with E-state index in [1.807, 2.05) is 0 Å². The highest BCUT2D eigenvalue weighted by molar-refractivity contribution is 7.92. The number of nitrogens with one attached hydrogen (secondary N) is 1. The highest BCUT2D eigenvalue weighted by Crippen LogP contribution is 2.23. The Morgan fingerprint density at radius 1 is 1.06 bits per heavy atom. The number of ether oxygens (including phenoxy) is 3. The van der Waals surface area contributed by atoms with Gasteiger partial charge in [0, 0.05) is 0 Å². The lowest BCUT2D eigenvalue weighted by atomic mass is 10.2. The molecule has 1 N–H and O–H groups in total. The fourth-order valence-corrected chi connectivity index (χ4v) is 3.83. The number of hydrogen-bond acceptors (Lipinski definition) is 8. The van der Waals surface area contributed by atoms with E-state index in [1.54, 1.807) is 48.5 Å². The molecule has 1 atom stereocenters. The number of rotatable bonds is 10. The van der Waals surface area contributed by atoms with Crippen LogP contribution in [0.15, 0.2) is 53.6 Å². The molecular formula is C21H25N3O7S. The molecule has 32 heavy (non-hydrogen) atoms. The molecule has 0 saturated carbocycles. The first-order chi connectivity index (χ1) is 15.2. The molecule has 0 fully saturated rings. The summed E-state index contributed by atoms with van der Waals surface area (Å²) < 4.78 is 40.4. The molecule has 0 spiro atoms. The van der Waals surface area contributed by atoms with Gasteiger partial charge in [0.1, 0.15) is 17.5 Å². The van der Waals surface area contributed by atoms with Crippen LogP contribution in [0.2, 0.25) is 0 Å². The predicted octanol–water partition coefficient (Wildman–Crippen LogP) is 1.55. The number of carbonyl (C=O) groups excluding carboxylic acids is 2. The molecule has 10 nitrogen and oxygen atoms in total. The first kappa shape index (κ1) is 24.7. The summed E-state index contributed by atoms with van der Waals surface area (Å²) in [5, 5.41) is 3.88. The Hall–Kier alpha value is -3.60. The molecule has 0 aliphatic rings. The van der Waals surface area contributed by atoms with Crippen LogP contribution >= 0.6 is 0 Å². The number of benzene rings is 2. The highest BCUT2D eigenvalue weighted by atomic mass is 32.2. The molecule has 0 radical (unpaired) electrons. The summed E-state index contributed by atoms with van der Waals surface area (Å²) in [7, 11) is -0.974. The smallest absolute Gasteiger partial charge is 0.343 e. The van der Waals surface area contributed by atoms with Crippen molar-refractivity contribution in [1.82, 2.24) is 5.43 Å². The van der Waals surface area contributed by atoms with Crippen LogP contribution in [-0.2, 0) is 24.3 Å². The van der Waals surface area contributed by atoms with Crippen molar-refractivity contribution in [3.05, 3.63) is 54.1 Å². The van der Waals surface area contributed by atoms with Crippen molar-refractivity contribution < 1.29 is 32.2 Å². The molecular weight excluding hydrogens is 438 g/mol. The van der Waals surface area contributed by atoms with Crippen LogP contribution in [-0.4, -0.2) is 59.6 Å². The fourth-order valence-electron chi connectivity index (χ4n) is 2.65. The van der Waals surface area contributed by atoms with Gasteiger partial charge in [-0.3, -0.25) is 9.10 Å². The average Bonchev–Trinajstić information content (AvgIpc) is 2.77. The lowest BCUT2D eigenvalue weighted by Gasteiger charge is -2.27. The van der Waals surface area contributed by atoms with E-state index < -0.39 is 27.9 Å². The summed E-state index contributed by atoms with van der Waals surface area (Å²) in [4.78, 5) is 23.6. The average molecular weight is 464 g/mol. The Morgan fingerprint density at radius 2 is 1.66 bits per heavy atom. The molecule has 0 aliphatic carbocycles. The SMILES string of the molecule is COC(=O)COc1ccc(/C=N\NC(=O)[C@H](C)N(c2ccc(OC)cc2)S(C)(=O)=O)cc1. The minimum Gasteiger partial charge on any atom is -0.497 e. The van der Waals surface area contributed by atoms with E-state index in [1.165, 1.54) is 27.4 Å². The van der Waals surface area contributed by atoms with Crippen molar-refractivity contribution in [2.45, 2.75) is 13.0 Å². The number of hydrogen-bond donors (Lipinski definition) is 1. The Balaban J connectivity index is 2.03. The van der Waals surface area contributed by atoms with Gasteiger partial charge in [-0.05, 0) is 61.0 Å². The number of anilines is 1. The van der Waals surface area contributed by atoms with E-state index in [9.17, 15) is 18.0 Å². The maximum Gasteiger partial charge on any atom is 0.343 e. The lowest BCUT2D eigenvalue weighted by molar-refractivity contribution is -0.142. The van der Waals surface area contributed by atoms with Crippen molar-refractivity contribution in [2.24, 2.45) is 5.10 Å². The number of methoxy groups -OCH3 is 2. The van der Waals surface area contributed by atoms with E-state index in [4.69, 9.17) is 9.47 Å². The first-order valence-corrected chi connectivity index (χ1v) is 11.3. The van der Waals surface area contributed by atoms with Gasteiger partial charge in [-0.25, -0.2) is 18.6 Å². The van der Waals surface area contributed by atoms with Gasteiger partial charge in [-0.2, -0.15) is 5.10 Å². The number of hydrazone groups is 1. The number of nitrogens with zero attached hydrogens (tertiary/aromatic N) is 2. The summed E-state index contributed by atoms with van der Waals surface area (Å²) in [5.41, 5.74) is 3.32.